The van der Waals surface area contributed by atoms with Crippen molar-refractivity contribution in [3.63, 3.8) is 0 Å². The van der Waals surface area contributed by atoms with Gasteiger partial charge in [0.2, 0.25) is 0 Å². The number of hydrogen-bond acceptors (Lipinski definition) is 5. The summed E-state index contributed by atoms with van der Waals surface area (Å²) in [5, 5.41) is 23.0. The lowest BCUT2D eigenvalue weighted by Crippen LogP contribution is -2.70. The lowest BCUT2D eigenvalue weighted by molar-refractivity contribution is -0.165. The number of nitrogens with zero attached hydrogens (tertiary/aromatic N) is 1. The first-order valence-electron chi connectivity index (χ1n) is 10.3. The number of piperidine rings is 1. The largest absolute Gasteiger partial charge is 0.507 e. The van der Waals surface area contributed by atoms with Crippen molar-refractivity contribution in [1.82, 2.24) is 4.90 Å². The molecular weight excluding hydrogens is 356 g/mol. The van der Waals surface area contributed by atoms with Crippen molar-refractivity contribution >= 4 is 11.7 Å². The van der Waals surface area contributed by atoms with Gasteiger partial charge in [-0.25, -0.2) is 0 Å². The number of aromatic hydroxyl groups is 1. The number of hydrogen-bond donors (Lipinski definition) is 3. The number of rotatable bonds is 4. The molecule has 4 rings (SSSR count). The van der Waals surface area contributed by atoms with Gasteiger partial charge in [0.25, 0.3) is 5.91 Å². The van der Waals surface area contributed by atoms with Crippen LogP contribution in [0.25, 0.3) is 0 Å². The quantitative estimate of drug-likeness (QED) is 0.734. The van der Waals surface area contributed by atoms with Crippen molar-refractivity contribution in [2.45, 2.75) is 69.4 Å². The summed E-state index contributed by atoms with van der Waals surface area (Å²) in [4.78, 5) is 26.7. The smallest absolute Gasteiger partial charge is 0.252 e. The number of carbonyl (C=O) groups excluding carboxylic acids is 2. The molecule has 6 heteroatoms. The number of carbonyl (C=O) groups is 2. The Morgan fingerprint density at radius 1 is 1.32 bits per heavy atom. The lowest BCUT2D eigenvalue weighted by Gasteiger charge is -2.60. The van der Waals surface area contributed by atoms with Crippen LogP contribution in [-0.4, -0.2) is 51.5 Å². The minimum atomic E-state index is -1.15. The second kappa shape index (κ2) is 6.56. The fourth-order valence-corrected chi connectivity index (χ4v) is 5.70. The van der Waals surface area contributed by atoms with Crippen LogP contribution < -0.4 is 5.73 Å². The molecule has 1 heterocycles. The molecule has 3 atom stereocenters. The molecule has 3 aliphatic rings. The number of aliphatic hydroxyl groups is 1. The van der Waals surface area contributed by atoms with Crippen molar-refractivity contribution in [3.05, 3.63) is 28.8 Å². The van der Waals surface area contributed by atoms with Crippen LogP contribution in [0.1, 0.15) is 66.9 Å². The maximum absolute atomic E-state index is 12.6. The van der Waals surface area contributed by atoms with E-state index in [9.17, 15) is 19.8 Å². The van der Waals surface area contributed by atoms with E-state index in [1.165, 1.54) is 18.9 Å². The lowest BCUT2D eigenvalue weighted by atomic mass is 9.52. The molecule has 1 aromatic rings. The summed E-state index contributed by atoms with van der Waals surface area (Å²) in [6.45, 7) is 5.62. The predicted octanol–water partition coefficient (Wildman–Crippen LogP) is 2.03. The van der Waals surface area contributed by atoms with Gasteiger partial charge in [-0.3, -0.25) is 14.5 Å². The zero-order chi connectivity index (χ0) is 20.3. The van der Waals surface area contributed by atoms with Crippen molar-refractivity contribution < 1.29 is 19.8 Å². The van der Waals surface area contributed by atoms with Crippen LogP contribution in [-0.2, 0) is 10.2 Å². The first kappa shape index (κ1) is 19.4. The molecule has 1 saturated heterocycles. The van der Waals surface area contributed by atoms with E-state index in [0.29, 0.717) is 30.7 Å². The Bertz CT molecular complexity index is 834. The fraction of sp³-hybridized carbons (Fsp3) is 0.636. The van der Waals surface area contributed by atoms with Crippen molar-refractivity contribution in [2.24, 2.45) is 11.7 Å². The van der Waals surface area contributed by atoms with Crippen molar-refractivity contribution in [3.8, 4) is 5.75 Å². The predicted molar refractivity (Wildman–Crippen MR) is 105 cm³/mol. The first-order valence-corrected chi connectivity index (χ1v) is 10.3. The Morgan fingerprint density at radius 2 is 2.04 bits per heavy atom. The maximum Gasteiger partial charge on any atom is 0.252 e. The highest BCUT2D eigenvalue weighted by Gasteiger charge is 2.62. The molecule has 0 bridgehead atoms. The molecule has 3 fully saturated rings. The second-order valence-corrected chi connectivity index (χ2v) is 9.10. The molecule has 2 aliphatic carbocycles. The highest BCUT2D eigenvalue weighted by molar-refractivity contribution is 5.96. The van der Waals surface area contributed by atoms with E-state index >= 15 is 0 Å². The van der Waals surface area contributed by atoms with E-state index in [1.54, 1.807) is 6.07 Å². The third-order valence-corrected chi connectivity index (χ3v) is 7.50. The number of fused-ring (bicyclic) bond motifs is 1. The van der Waals surface area contributed by atoms with E-state index < -0.39 is 16.9 Å². The molecule has 28 heavy (non-hydrogen) atoms. The number of Topliss-reactive ketones (excluding diaryl/α,β-unsaturated/α-hetero) is 1. The zero-order valence-corrected chi connectivity index (χ0v) is 16.7. The minimum absolute atomic E-state index is 0.0448. The number of phenols is 1. The van der Waals surface area contributed by atoms with Gasteiger partial charge in [-0.15, -0.1) is 0 Å². The third kappa shape index (κ3) is 2.77. The molecule has 152 valence electrons. The zero-order valence-electron chi connectivity index (χ0n) is 16.7. The molecular formula is C22H30N2O4. The number of aryl methyl sites for hydroxylation is 1. The van der Waals surface area contributed by atoms with Gasteiger partial charge in [-0.05, 0) is 63.6 Å². The van der Waals surface area contributed by atoms with Crippen LogP contribution in [0.5, 0.6) is 5.75 Å². The summed E-state index contributed by atoms with van der Waals surface area (Å²) in [5.74, 6) is -0.0867. The number of primary amides is 1. The molecule has 0 radical (unpaired) electrons. The molecule has 6 nitrogen and oxygen atoms in total. The highest BCUT2D eigenvalue weighted by atomic mass is 16.3. The van der Waals surface area contributed by atoms with Crippen LogP contribution in [0.2, 0.25) is 0 Å². The van der Waals surface area contributed by atoms with Crippen LogP contribution >= 0.6 is 0 Å². The van der Waals surface area contributed by atoms with Crippen LogP contribution in [0.4, 0.5) is 0 Å². The molecule has 2 saturated carbocycles. The van der Waals surface area contributed by atoms with Crippen molar-refractivity contribution in [1.29, 1.82) is 0 Å². The summed E-state index contributed by atoms with van der Waals surface area (Å²) in [5.41, 5.74) is 4.76. The SMILES string of the molecule is Cc1ccc(C(N)=O)c(O)c1[C@]12CCN(CC3CC3)[C@H](C)[C@]1(O)CCC(=O)C2. The van der Waals surface area contributed by atoms with Crippen molar-refractivity contribution in [2.75, 3.05) is 13.1 Å². The molecule has 0 spiro atoms. The van der Waals surface area contributed by atoms with Crippen LogP contribution in [0, 0.1) is 12.8 Å². The van der Waals surface area contributed by atoms with Gasteiger partial charge < -0.3 is 15.9 Å². The molecule has 0 unspecified atom stereocenters. The number of nitrogens with two attached hydrogens (primary N) is 1. The number of benzene rings is 1. The molecule has 4 N–H and O–H groups in total. The monoisotopic (exact) mass is 386 g/mol. The van der Waals surface area contributed by atoms with Gasteiger partial charge in [-0.2, -0.15) is 0 Å². The topological polar surface area (TPSA) is 104 Å². The molecule has 1 amide bonds. The molecule has 1 aromatic carbocycles. The standard InChI is InChI=1S/C22H30N2O4/c1-13-3-6-17(20(23)27)19(26)18(13)21-9-10-24(12-15-4-5-15)14(2)22(21,28)8-7-16(25)11-21/h3,6,14-15,26,28H,4-5,7-12H2,1-2H3,(H2,23,27)/t14-,21-,22-/m1/s1. The van der Waals surface area contributed by atoms with E-state index in [-0.39, 0.29) is 29.6 Å². The Balaban J connectivity index is 1.86. The highest BCUT2D eigenvalue weighted by Crippen LogP contribution is 2.56. The summed E-state index contributed by atoms with van der Waals surface area (Å²) in [6, 6.07) is 3.14. The number of amides is 1. The summed E-state index contributed by atoms with van der Waals surface area (Å²) in [6.07, 6.45) is 3.95. The summed E-state index contributed by atoms with van der Waals surface area (Å²) in [7, 11) is 0. The van der Waals surface area contributed by atoms with Gasteiger partial charge >= 0.3 is 0 Å². The average Bonchev–Trinajstić information content (AvgIpc) is 3.44. The van der Waals surface area contributed by atoms with Crippen LogP contribution in [0.15, 0.2) is 12.1 Å². The second-order valence-electron chi connectivity index (χ2n) is 9.10. The maximum atomic E-state index is 12.6. The number of ketones is 1. The Kier molecular flexibility index (Phi) is 4.55. The van der Waals surface area contributed by atoms with E-state index in [0.717, 1.165) is 18.7 Å². The molecule has 0 aromatic heterocycles. The average molecular weight is 386 g/mol. The normalized spacial score (nSPS) is 33.5. The van der Waals surface area contributed by atoms with Crippen LogP contribution in [0.3, 0.4) is 0 Å². The minimum Gasteiger partial charge on any atom is -0.507 e. The van der Waals surface area contributed by atoms with Gasteiger partial charge in [0.1, 0.15) is 11.5 Å². The summed E-state index contributed by atoms with van der Waals surface area (Å²) >= 11 is 0. The summed E-state index contributed by atoms with van der Waals surface area (Å²) < 4.78 is 0. The molecule has 1 aliphatic heterocycles. The van der Waals surface area contributed by atoms with E-state index in [2.05, 4.69) is 4.90 Å². The van der Waals surface area contributed by atoms with E-state index in [1.807, 2.05) is 13.8 Å². The Morgan fingerprint density at radius 3 is 2.68 bits per heavy atom. The third-order valence-electron chi connectivity index (χ3n) is 7.50. The number of likely N-dealkylation sites (tertiary alicyclic amines) is 1. The Labute approximate surface area is 165 Å². The van der Waals surface area contributed by atoms with Gasteiger partial charge in [-0.1, -0.05) is 6.07 Å². The van der Waals surface area contributed by atoms with Gasteiger partial charge in [0, 0.05) is 36.4 Å². The first-order chi connectivity index (χ1) is 13.2. The Hall–Kier alpha value is -1.92. The fourth-order valence-electron chi connectivity index (χ4n) is 5.70. The van der Waals surface area contributed by atoms with Gasteiger partial charge in [0.15, 0.2) is 0 Å². The van der Waals surface area contributed by atoms with E-state index in [4.69, 9.17) is 5.73 Å². The van der Waals surface area contributed by atoms with Gasteiger partial charge in [0.05, 0.1) is 11.2 Å².